The van der Waals surface area contributed by atoms with Crippen molar-refractivity contribution in [2.75, 3.05) is 6.61 Å². The number of hydrogen-bond acceptors (Lipinski definition) is 5. The molecule has 82 valence electrons. The second-order valence-electron chi connectivity index (χ2n) is 3.80. The molecule has 0 saturated carbocycles. The molecule has 0 aromatic carbocycles. The van der Waals surface area contributed by atoms with E-state index in [9.17, 15) is 14.9 Å². The predicted octanol–water partition coefficient (Wildman–Crippen LogP) is 0.0360. The van der Waals surface area contributed by atoms with Gasteiger partial charge in [-0.05, 0) is 20.8 Å². The van der Waals surface area contributed by atoms with Crippen molar-refractivity contribution in [2.45, 2.75) is 32.4 Å². The fraction of sp³-hybridized carbons (Fsp3) is 0.857. The molecule has 0 aromatic heterocycles. The van der Waals surface area contributed by atoms with Crippen molar-refractivity contribution < 1.29 is 19.8 Å². The van der Waals surface area contributed by atoms with Crippen LogP contribution in [0.15, 0.2) is 0 Å². The van der Waals surface area contributed by atoms with Crippen LogP contribution in [-0.2, 0) is 9.63 Å². The van der Waals surface area contributed by atoms with Crippen LogP contribution in [0.25, 0.3) is 0 Å². The predicted molar refractivity (Wildman–Crippen MR) is 47.3 cm³/mol. The second kappa shape index (κ2) is 4.75. The van der Waals surface area contributed by atoms with Crippen LogP contribution in [0.4, 0.5) is 0 Å². The molecule has 0 aliphatic carbocycles. The maximum atomic E-state index is 10.6. The number of aliphatic carboxylic acids is 1. The summed E-state index contributed by atoms with van der Waals surface area (Å²) in [6.07, 6.45) is 0. The number of carbonyl (C=O) groups is 1. The fourth-order valence-corrected chi connectivity index (χ4v) is 0.833. The molecule has 0 spiro atoms. The van der Waals surface area contributed by atoms with E-state index >= 15 is 0 Å². The molecule has 0 aliphatic rings. The molecule has 1 unspecified atom stereocenters. The average Bonchev–Trinajstić information content (AvgIpc) is 1.94. The molecule has 0 amide bonds. The molecule has 0 saturated heterocycles. The van der Waals surface area contributed by atoms with Crippen LogP contribution in [-0.4, -0.2) is 34.4 Å². The minimum Gasteiger partial charge on any atom is -0.480 e. The first-order valence-electron chi connectivity index (χ1n) is 4.00. The lowest BCUT2D eigenvalue weighted by atomic mass is 10.1. The molecule has 0 heterocycles. The van der Waals surface area contributed by atoms with Crippen LogP contribution in [0.1, 0.15) is 20.8 Å². The van der Waals surface area contributed by atoms with Gasteiger partial charge in [-0.2, -0.15) is 0 Å². The van der Waals surface area contributed by atoms with E-state index in [1.807, 2.05) is 0 Å². The molecule has 14 heavy (non-hydrogen) atoms. The van der Waals surface area contributed by atoms with Gasteiger partial charge in [0.1, 0.15) is 12.6 Å². The maximum Gasteiger partial charge on any atom is 0.322 e. The van der Waals surface area contributed by atoms with Gasteiger partial charge in [-0.3, -0.25) is 10.1 Å². The highest BCUT2D eigenvalue weighted by Crippen LogP contribution is 2.02. The van der Waals surface area contributed by atoms with Crippen molar-refractivity contribution in [3.8, 4) is 0 Å². The summed E-state index contributed by atoms with van der Waals surface area (Å²) < 4.78 is 0. The van der Waals surface area contributed by atoms with Crippen LogP contribution in [0.2, 0.25) is 0 Å². The standard InChI is InChI=1S/C7H14N2O5/c1-7(2,3)8-5(6(10)11)4-14-9(12)13/h5,8H,4H2,1-3H3,(H,10,11). The Kier molecular flexibility index (Phi) is 4.29. The van der Waals surface area contributed by atoms with E-state index in [4.69, 9.17) is 5.11 Å². The van der Waals surface area contributed by atoms with Crippen molar-refractivity contribution in [1.29, 1.82) is 0 Å². The van der Waals surface area contributed by atoms with Gasteiger partial charge in [0, 0.05) is 5.54 Å². The highest BCUT2D eigenvalue weighted by atomic mass is 16.9. The lowest BCUT2D eigenvalue weighted by Crippen LogP contribution is -2.50. The highest BCUT2D eigenvalue weighted by molar-refractivity contribution is 5.73. The summed E-state index contributed by atoms with van der Waals surface area (Å²) in [7, 11) is 0. The third-order valence-electron chi connectivity index (χ3n) is 1.25. The third kappa shape index (κ3) is 6.18. The lowest BCUT2D eigenvalue weighted by Gasteiger charge is -2.25. The number of nitrogens with zero attached hydrogens (tertiary/aromatic N) is 1. The zero-order valence-electron chi connectivity index (χ0n) is 8.31. The highest BCUT2D eigenvalue weighted by Gasteiger charge is 2.24. The topological polar surface area (TPSA) is 102 Å². The van der Waals surface area contributed by atoms with E-state index in [-0.39, 0.29) is 0 Å². The number of hydrogen-bond donors (Lipinski definition) is 2. The summed E-state index contributed by atoms with van der Waals surface area (Å²) in [4.78, 5) is 24.5. The molecule has 0 rings (SSSR count). The van der Waals surface area contributed by atoms with Gasteiger partial charge in [0.15, 0.2) is 0 Å². The van der Waals surface area contributed by atoms with E-state index in [1.54, 1.807) is 20.8 Å². The summed E-state index contributed by atoms with van der Waals surface area (Å²) in [6.45, 7) is 4.78. The van der Waals surface area contributed by atoms with Crippen LogP contribution >= 0.6 is 0 Å². The minimum absolute atomic E-state index is 0.441. The minimum atomic E-state index is -1.18. The van der Waals surface area contributed by atoms with Crippen molar-refractivity contribution in [3.05, 3.63) is 10.1 Å². The molecule has 0 aliphatic heterocycles. The van der Waals surface area contributed by atoms with Gasteiger partial charge in [0.25, 0.3) is 5.09 Å². The van der Waals surface area contributed by atoms with Crippen LogP contribution in [0, 0.1) is 10.1 Å². The Morgan fingerprint density at radius 3 is 2.43 bits per heavy atom. The lowest BCUT2D eigenvalue weighted by molar-refractivity contribution is -0.758. The summed E-state index contributed by atoms with van der Waals surface area (Å²) in [5.74, 6) is -1.18. The normalized spacial score (nSPS) is 13.4. The van der Waals surface area contributed by atoms with Gasteiger partial charge in [-0.25, -0.2) is 0 Å². The average molecular weight is 206 g/mol. The maximum absolute atomic E-state index is 10.6. The Morgan fingerprint density at radius 2 is 2.14 bits per heavy atom. The van der Waals surface area contributed by atoms with Gasteiger partial charge in [0.2, 0.25) is 0 Å². The summed E-state index contributed by atoms with van der Waals surface area (Å²) in [6, 6.07) is -1.08. The van der Waals surface area contributed by atoms with Crippen molar-refractivity contribution in [2.24, 2.45) is 0 Å². The van der Waals surface area contributed by atoms with Crippen molar-refractivity contribution in [1.82, 2.24) is 5.32 Å². The van der Waals surface area contributed by atoms with E-state index in [0.717, 1.165) is 0 Å². The Balaban J connectivity index is 4.17. The van der Waals surface area contributed by atoms with E-state index in [1.165, 1.54) is 0 Å². The Bertz CT molecular complexity index is 223. The van der Waals surface area contributed by atoms with Crippen LogP contribution in [0.3, 0.4) is 0 Å². The molecular formula is C7H14N2O5. The van der Waals surface area contributed by atoms with E-state index < -0.39 is 29.2 Å². The summed E-state index contributed by atoms with van der Waals surface area (Å²) in [5, 5.41) is 20.2. The summed E-state index contributed by atoms with van der Waals surface area (Å²) >= 11 is 0. The van der Waals surface area contributed by atoms with E-state index in [2.05, 4.69) is 10.2 Å². The number of rotatable bonds is 5. The molecule has 1 atom stereocenters. The molecule has 0 radical (unpaired) electrons. The van der Waals surface area contributed by atoms with Crippen LogP contribution in [0.5, 0.6) is 0 Å². The van der Waals surface area contributed by atoms with E-state index in [0.29, 0.717) is 0 Å². The first-order valence-corrected chi connectivity index (χ1v) is 4.00. The third-order valence-corrected chi connectivity index (χ3v) is 1.25. The first-order chi connectivity index (χ1) is 6.22. The van der Waals surface area contributed by atoms with Gasteiger partial charge in [0.05, 0.1) is 0 Å². The molecule has 0 aromatic rings. The molecule has 0 fully saturated rings. The van der Waals surface area contributed by atoms with Crippen molar-refractivity contribution >= 4 is 5.97 Å². The van der Waals surface area contributed by atoms with Gasteiger partial charge in [-0.15, -0.1) is 10.1 Å². The van der Waals surface area contributed by atoms with Gasteiger partial charge in [-0.1, -0.05) is 0 Å². The Morgan fingerprint density at radius 1 is 1.64 bits per heavy atom. The fourth-order valence-electron chi connectivity index (χ4n) is 0.833. The molecular weight excluding hydrogens is 192 g/mol. The number of carboxylic acid groups (broad SMARTS) is 1. The first kappa shape index (κ1) is 12.6. The smallest absolute Gasteiger partial charge is 0.322 e. The quantitative estimate of drug-likeness (QED) is 0.486. The SMILES string of the molecule is CC(C)(C)NC(CO[N+](=O)[O-])C(=O)O. The molecule has 2 N–H and O–H groups in total. The zero-order chi connectivity index (χ0) is 11.4. The van der Waals surface area contributed by atoms with Crippen LogP contribution < -0.4 is 5.32 Å². The number of nitrogens with one attached hydrogen (secondary N) is 1. The monoisotopic (exact) mass is 206 g/mol. The second-order valence-corrected chi connectivity index (χ2v) is 3.80. The molecule has 7 nitrogen and oxygen atoms in total. The van der Waals surface area contributed by atoms with Gasteiger partial charge < -0.3 is 9.94 Å². The summed E-state index contributed by atoms with van der Waals surface area (Å²) in [5.41, 5.74) is -0.441. The number of carboxylic acids is 1. The largest absolute Gasteiger partial charge is 0.480 e. The Hall–Kier alpha value is -1.37. The molecule has 7 heteroatoms. The van der Waals surface area contributed by atoms with Gasteiger partial charge >= 0.3 is 5.97 Å². The van der Waals surface area contributed by atoms with Crippen molar-refractivity contribution in [3.63, 3.8) is 0 Å². The molecule has 0 bridgehead atoms. The zero-order valence-corrected chi connectivity index (χ0v) is 8.31. The Labute approximate surface area is 81.2 Å².